The molecule has 3 aliphatic heterocycles. The molecule has 0 radical (unpaired) electrons. The minimum atomic E-state index is -2.00. The molecule has 14 heteroatoms. The van der Waals surface area contributed by atoms with Crippen LogP contribution in [0.15, 0.2) is 48.5 Å². The summed E-state index contributed by atoms with van der Waals surface area (Å²) in [5.74, 6) is -4.73. The molecule has 2 aromatic carbocycles. The lowest BCUT2D eigenvalue weighted by Crippen LogP contribution is -2.61. The van der Waals surface area contributed by atoms with Crippen molar-refractivity contribution < 1.29 is 63.2 Å². The first-order valence-electron chi connectivity index (χ1n) is 23.1. The Balaban J connectivity index is 1.67. The van der Waals surface area contributed by atoms with E-state index in [1.54, 1.807) is 41.5 Å². The smallest absolute Gasteiger partial charge is 0.311 e. The number of esters is 1. The highest BCUT2D eigenvalue weighted by Gasteiger charge is 2.54. The monoisotopic (exact) mass is 900 g/mol. The van der Waals surface area contributed by atoms with Crippen molar-refractivity contribution in [1.82, 2.24) is 4.90 Å². The number of nitrogens with zero attached hydrogens (tertiary/aromatic N) is 1. The molecule has 3 fully saturated rings. The lowest BCUT2D eigenvalue weighted by molar-refractivity contribution is -0.320. The van der Waals surface area contributed by atoms with Gasteiger partial charge in [0.2, 0.25) is 0 Å². The van der Waals surface area contributed by atoms with E-state index in [1.165, 1.54) is 14.0 Å². The average molecular weight is 900 g/mol. The second-order valence-corrected chi connectivity index (χ2v) is 19.7. The van der Waals surface area contributed by atoms with Crippen molar-refractivity contribution in [3.63, 3.8) is 0 Å². The number of hydrogen-bond donors (Lipinski definition) is 4. The molecule has 0 saturated carbocycles. The molecule has 0 spiro atoms. The third-order valence-electron chi connectivity index (χ3n) is 14.4. The number of rotatable bonds is 11. The van der Waals surface area contributed by atoms with Crippen molar-refractivity contribution in [2.24, 2.45) is 23.7 Å². The van der Waals surface area contributed by atoms with Crippen LogP contribution in [0, 0.1) is 23.7 Å². The molecule has 0 aromatic heterocycles. The number of fused-ring (bicyclic) bond motifs is 1. The molecule has 2 aromatic rings. The number of methoxy groups -OCH3 is 1. The van der Waals surface area contributed by atoms with Crippen LogP contribution < -0.4 is 0 Å². The number of aliphatic hydroxyl groups is 4. The van der Waals surface area contributed by atoms with Crippen LogP contribution in [-0.2, 0) is 42.7 Å². The van der Waals surface area contributed by atoms with Gasteiger partial charge in [-0.05, 0) is 91.2 Å². The van der Waals surface area contributed by atoms with E-state index in [1.807, 2.05) is 76.2 Å². The quantitative estimate of drug-likeness (QED) is 0.202. The maximum absolute atomic E-state index is 14.5. The fourth-order valence-corrected chi connectivity index (χ4v) is 10.3. The van der Waals surface area contributed by atoms with Crippen LogP contribution in [0.5, 0.6) is 0 Å². The Kier molecular flexibility index (Phi) is 17.4. The molecular weight excluding hydrogens is 823 g/mol. The molecule has 0 aliphatic carbocycles. The molecule has 64 heavy (non-hydrogen) atoms. The summed E-state index contributed by atoms with van der Waals surface area (Å²) in [5, 5.41) is 48.8. The summed E-state index contributed by atoms with van der Waals surface area (Å²) in [6.45, 7) is 17.3. The number of ketones is 1. The summed E-state index contributed by atoms with van der Waals surface area (Å²) in [5.41, 5.74) is -3.45. The molecule has 3 heterocycles. The van der Waals surface area contributed by atoms with Crippen LogP contribution >= 0.6 is 0 Å². The Bertz CT molecular complexity index is 1890. The predicted octanol–water partition coefficient (Wildman–Crippen LogP) is 5.68. The van der Waals surface area contributed by atoms with Gasteiger partial charge in [-0.15, -0.1) is 0 Å². The Hall–Kier alpha value is -2.86. The first-order chi connectivity index (χ1) is 30.0. The number of likely N-dealkylation sites (N-methyl/N-ethyl adjacent to an activating group) is 1. The highest BCUT2D eigenvalue weighted by atomic mass is 16.7. The van der Waals surface area contributed by atoms with Crippen LogP contribution in [0.25, 0.3) is 16.8 Å². The Morgan fingerprint density at radius 1 is 0.859 bits per heavy atom. The highest BCUT2D eigenvalue weighted by molar-refractivity contribution is 5.90. The zero-order valence-electron chi connectivity index (χ0n) is 40.3. The van der Waals surface area contributed by atoms with Crippen LogP contribution in [-0.4, -0.2) is 149 Å². The van der Waals surface area contributed by atoms with Crippen LogP contribution in [0.1, 0.15) is 100 Å². The van der Waals surface area contributed by atoms with Crippen molar-refractivity contribution in [2.75, 3.05) is 27.8 Å². The molecule has 0 amide bonds. The fourth-order valence-electron chi connectivity index (χ4n) is 10.3. The molecule has 4 N–H and O–H groups in total. The lowest BCUT2D eigenvalue weighted by Gasteiger charge is -2.50. The second-order valence-electron chi connectivity index (χ2n) is 19.7. The molecular formula is C50H77NO13. The third-order valence-corrected chi connectivity index (χ3v) is 14.4. The van der Waals surface area contributed by atoms with Gasteiger partial charge in [-0.1, -0.05) is 82.3 Å². The van der Waals surface area contributed by atoms with Crippen molar-refractivity contribution >= 4 is 28.6 Å². The van der Waals surface area contributed by atoms with Gasteiger partial charge in [0.1, 0.15) is 29.7 Å². The van der Waals surface area contributed by atoms with Gasteiger partial charge in [-0.25, -0.2) is 0 Å². The summed E-state index contributed by atoms with van der Waals surface area (Å²) in [7, 11) is 5.29. The molecule has 3 aliphatic rings. The van der Waals surface area contributed by atoms with E-state index in [9.17, 15) is 30.0 Å². The molecule has 360 valence electrons. The van der Waals surface area contributed by atoms with E-state index in [-0.39, 0.29) is 43.8 Å². The van der Waals surface area contributed by atoms with Gasteiger partial charge in [-0.2, -0.15) is 0 Å². The normalized spacial score (nSPS) is 42.2. The van der Waals surface area contributed by atoms with E-state index in [4.69, 9.17) is 33.2 Å². The molecule has 18 atom stereocenters. The van der Waals surface area contributed by atoms with Gasteiger partial charge < -0.3 is 58.5 Å². The number of Topliss-reactive ketones (excluding diaryl/α,β-unsaturated/α-hetero) is 1. The second kappa shape index (κ2) is 21.4. The first kappa shape index (κ1) is 52.1. The van der Waals surface area contributed by atoms with E-state index in [0.29, 0.717) is 6.42 Å². The minimum Gasteiger partial charge on any atom is -0.459 e. The third kappa shape index (κ3) is 11.3. The van der Waals surface area contributed by atoms with E-state index in [2.05, 4.69) is 18.2 Å². The van der Waals surface area contributed by atoms with Crippen LogP contribution in [0.4, 0.5) is 0 Å². The summed E-state index contributed by atoms with van der Waals surface area (Å²) >= 11 is 0. The molecule has 5 rings (SSSR count). The number of ether oxygens (including phenoxy) is 7. The molecule has 3 saturated heterocycles. The summed E-state index contributed by atoms with van der Waals surface area (Å²) in [6, 6.07) is 13.8. The highest BCUT2D eigenvalue weighted by Crippen LogP contribution is 2.42. The Morgan fingerprint density at radius 2 is 1.53 bits per heavy atom. The van der Waals surface area contributed by atoms with Crippen LogP contribution in [0.3, 0.4) is 0 Å². The molecule has 2 unspecified atom stereocenters. The van der Waals surface area contributed by atoms with Crippen molar-refractivity contribution in [1.29, 1.82) is 0 Å². The number of cyclic esters (lactones) is 1. The van der Waals surface area contributed by atoms with Crippen molar-refractivity contribution in [2.45, 2.75) is 179 Å². The summed E-state index contributed by atoms with van der Waals surface area (Å²) in [6.07, 6.45) is -5.40. The zero-order chi connectivity index (χ0) is 47.5. The lowest BCUT2D eigenvalue weighted by atomic mass is 9.73. The van der Waals surface area contributed by atoms with Crippen molar-refractivity contribution in [3.8, 4) is 0 Å². The Morgan fingerprint density at radius 3 is 2.19 bits per heavy atom. The number of carbonyl (C=O) groups excluding carboxylic acids is 2. The summed E-state index contributed by atoms with van der Waals surface area (Å²) in [4.78, 5) is 31.0. The van der Waals surface area contributed by atoms with Gasteiger partial charge in [0.05, 0.1) is 54.2 Å². The Labute approximate surface area is 380 Å². The zero-order valence-corrected chi connectivity index (χ0v) is 40.3. The van der Waals surface area contributed by atoms with Gasteiger partial charge in [-0.3, -0.25) is 9.59 Å². The number of aliphatic hydroxyl groups excluding tert-OH is 3. The van der Waals surface area contributed by atoms with Crippen molar-refractivity contribution in [3.05, 3.63) is 54.1 Å². The first-order valence-corrected chi connectivity index (χ1v) is 23.1. The van der Waals surface area contributed by atoms with Gasteiger partial charge in [0, 0.05) is 37.3 Å². The largest absolute Gasteiger partial charge is 0.459 e. The van der Waals surface area contributed by atoms with E-state index >= 15 is 0 Å². The minimum absolute atomic E-state index is 0.0608. The summed E-state index contributed by atoms with van der Waals surface area (Å²) < 4.78 is 45.5. The van der Waals surface area contributed by atoms with Gasteiger partial charge in [0.15, 0.2) is 12.6 Å². The van der Waals surface area contributed by atoms with E-state index < -0.39 is 102 Å². The van der Waals surface area contributed by atoms with Gasteiger partial charge >= 0.3 is 5.97 Å². The van der Waals surface area contributed by atoms with Gasteiger partial charge in [0.25, 0.3) is 0 Å². The maximum atomic E-state index is 14.5. The fraction of sp³-hybridized carbons (Fsp3) is 0.720. The van der Waals surface area contributed by atoms with E-state index in [0.717, 1.165) is 16.3 Å². The molecule has 14 nitrogen and oxygen atoms in total. The topological polar surface area (TPSA) is 183 Å². The predicted molar refractivity (Wildman–Crippen MR) is 243 cm³/mol. The maximum Gasteiger partial charge on any atom is 0.311 e. The molecule has 0 bridgehead atoms. The average Bonchev–Trinajstić information content (AvgIpc) is 3.26. The number of hydrogen-bond acceptors (Lipinski definition) is 14. The number of carbonyl (C=O) groups is 2. The van der Waals surface area contributed by atoms with Crippen LogP contribution in [0.2, 0.25) is 0 Å². The standard InChI is InChI=1S/C50H77NO13/c1-14-38-50(10,57)43(54)30(4)40(52)28(2)26-49(9,59-24-18-22-35-21-17-20-34-19-15-16-23-36(34)35)45(64-47-41(53)37(51(11)12)25-29(3)60-47)31(5)42(32(6)46(56)62-38)63-39-27-48(8,58-13)44(55)33(7)61-39/h15-23,28-33,37-39,41-45,47,53-55,57H,14,24-27H2,1-13H3/b22-18+/t28-,29-,30+,31+,32-,33+,37+,38?,39+,41-,42?,43-,44+,45-,47+,48-,49-,50-/m1/s1. The SMILES string of the molecule is CCC1OC(=O)[C@H](C)C(O[C@H]2C[C@@](C)(OC)[C@@H](O)[C@H](C)O2)[C@H](C)[C@@H](O[C@@H]2O[C@H](C)C[C@H](N(C)C)[C@H]2O)[C@](C)(OC/C=C/c2cccc3ccccc23)C[C@@H](C)C(=O)[C@H](C)[C@@H](O)[C@]1(C)O. The number of benzene rings is 2.